The molecule has 2 fully saturated rings. The topological polar surface area (TPSA) is 80.7 Å². The summed E-state index contributed by atoms with van der Waals surface area (Å²) < 4.78 is 38.7. The van der Waals surface area contributed by atoms with Gasteiger partial charge in [-0.3, -0.25) is 0 Å². The summed E-state index contributed by atoms with van der Waals surface area (Å²) >= 11 is 0. The molecule has 0 saturated carbocycles. The summed E-state index contributed by atoms with van der Waals surface area (Å²) in [5.74, 6) is -1.83. The quantitative estimate of drug-likeness (QED) is 0.347. The summed E-state index contributed by atoms with van der Waals surface area (Å²) in [6.07, 6.45) is 4.22. The number of piperidine rings is 2. The average Bonchev–Trinajstić information content (AvgIpc) is 2.83. The minimum Gasteiger partial charge on any atom is -0.466 e. The van der Waals surface area contributed by atoms with E-state index in [0.29, 0.717) is 51.9 Å². The lowest BCUT2D eigenvalue weighted by molar-refractivity contribution is -0.134. The van der Waals surface area contributed by atoms with Crippen LogP contribution >= 0.6 is 0 Å². The molecule has 1 aromatic rings. The first-order valence-electron chi connectivity index (χ1n) is 11.4. The predicted octanol–water partition coefficient (Wildman–Crippen LogP) is 4.13. The van der Waals surface area contributed by atoms with Gasteiger partial charge in [0.05, 0.1) is 24.6 Å². The highest BCUT2D eigenvalue weighted by atomic mass is 19.1. The van der Waals surface area contributed by atoms with Gasteiger partial charge in [-0.05, 0) is 26.0 Å². The van der Waals surface area contributed by atoms with Gasteiger partial charge < -0.3 is 24.1 Å². The maximum Gasteiger partial charge on any atom is 0.410 e. The van der Waals surface area contributed by atoms with E-state index in [1.165, 1.54) is 13.2 Å². The number of rotatable bonds is 6. The molecule has 0 spiro atoms. The zero-order valence-electron chi connectivity index (χ0n) is 19.8. The van der Waals surface area contributed by atoms with Crippen LogP contribution in [0.1, 0.15) is 45.1 Å². The van der Waals surface area contributed by atoms with Crippen LogP contribution in [0.2, 0.25) is 0 Å². The molecule has 0 bridgehead atoms. The zero-order chi connectivity index (χ0) is 24.7. The van der Waals surface area contributed by atoms with Gasteiger partial charge in [0, 0.05) is 69.6 Å². The van der Waals surface area contributed by atoms with Crippen molar-refractivity contribution in [2.24, 2.45) is 5.16 Å². The highest BCUT2D eigenvalue weighted by Gasteiger charge is 2.26. The minimum atomic E-state index is -0.645. The van der Waals surface area contributed by atoms with Crippen molar-refractivity contribution in [3.8, 4) is 0 Å². The van der Waals surface area contributed by atoms with Gasteiger partial charge in [0.1, 0.15) is 17.7 Å². The van der Waals surface area contributed by atoms with E-state index in [2.05, 4.69) is 9.89 Å². The van der Waals surface area contributed by atoms with Crippen LogP contribution in [-0.2, 0) is 19.1 Å². The van der Waals surface area contributed by atoms with Crippen LogP contribution in [0, 0.1) is 11.6 Å². The molecule has 1 aromatic carbocycles. The van der Waals surface area contributed by atoms with E-state index in [9.17, 15) is 18.4 Å². The number of benzene rings is 1. The number of nitrogens with zero attached hydrogens (tertiary/aromatic N) is 3. The number of esters is 1. The molecule has 0 radical (unpaired) electrons. The molecule has 10 heteroatoms. The number of carbonyl (C=O) groups is 2. The first kappa shape index (κ1) is 25.5. The Morgan fingerprint density at radius 2 is 1.76 bits per heavy atom. The van der Waals surface area contributed by atoms with Crippen LogP contribution in [0.5, 0.6) is 0 Å². The van der Waals surface area contributed by atoms with Gasteiger partial charge in [0.2, 0.25) is 0 Å². The van der Waals surface area contributed by atoms with Crippen molar-refractivity contribution < 1.29 is 32.7 Å². The fraction of sp³-hybridized carbons (Fsp3) is 0.542. The van der Waals surface area contributed by atoms with Crippen LogP contribution in [-0.4, -0.2) is 68.2 Å². The smallest absolute Gasteiger partial charge is 0.410 e. The Morgan fingerprint density at radius 3 is 2.38 bits per heavy atom. The summed E-state index contributed by atoms with van der Waals surface area (Å²) in [6, 6.07) is 2.21. The lowest BCUT2D eigenvalue weighted by Gasteiger charge is -2.32. The van der Waals surface area contributed by atoms with Gasteiger partial charge >= 0.3 is 12.1 Å². The maximum absolute atomic E-state index is 14.6. The van der Waals surface area contributed by atoms with Crippen molar-refractivity contribution in [2.75, 3.05) is 38.2 Å². The van der Waals surface area contributed by atoms with Crippen LogP contribution < -0.4 is 4.90 Å². The van der Waals surface area contributed by atoms with E-state index in [0.717, 1.165) is 23.9 Å². The molecule has 3 rings (SSSR count). The number of hydrogen-bond acceptors (Lipinski definition) is 7. The van der Waals surface area contributed by atoms with E-state index in [-0.39, 0.29) is 29.6 Å². The number of halogens is 2. The van der Waals surface area contributed by atoms with Gasteiger partial charge in [-0.1, -0.05) is 5.16 Å². The Kier molecular flexibility index (Phi) is 8.84. The van der Waals surface area contributed by atoms with Crippen LogP contribution in [0.4, 0.5) is 19.3 Å². The number of hydrogen-bond donors (Lipinski definition) is 0. The number of methoxy groups -OCH3 is 1. The average molecular weight is 480 g/mol. The van der Waals surface area contributed by atoms with Gasteiger partial charge in [-0.25, -0.2) is 18.4 Å². The van der Waals surface area contributed by atoms with Crippen LogP contribution in [0.15, 0.2) is 23.4 Å². The number of anilines is 1. The molecule has 0 aliphatic carbocycles. The molecular formula is C24H31F2N3O5. The third kappa shape index (κ3) is 6.91. The Labute approximate surface area is 198 Å². The summed E-state index contributed by atoms with van der Waals surface area (Å²) in [4.78, 5) is 32.3. The van der Waals surface area contributed by atoms with Crippen molar-refractivity contribution in [3.05, 3.63) is 35.4 Å². The summed E-state index contributed by atoms with van der Waals surface area (Å²) in [6.45, 7) is 5.72. The summed E-state index contributed by atoms with van der Waals surface area (Å²) in [5, 5.41) is 4.29. The van der Waals surface area contributed by atoms with E-state index in [1.54, 1.807) is 9.80 Å². The van der Waals surface area contributed by atoms with Gasteiger partial charge in [-0.2, -0.15) is 0 Å². The number of carbonyl (C=O) groups excluding carboxylic acids is 2. The molecule has 0 unspecified atom stereocenters. The van der Waals surface area contributed by atoms with Crippen molar-refractivity contribution in [1.29, 1.82) is 0 Å². The van der Waals surface area contributed by atoms with Gasteiger partial charge in [0.15, 0.2) is 0 Å². The SMILES string of the molecule is COC(=O)/C=C/c1cc(F)c(N2CCC(=NOC3CCN(C(=O)OC(C)C)CC3)CC2)cc1F. The van der Waals surface area contributed by atoms with E-state index in [4.69, 9.17) is 9.57 Å². The van der Waals surface area contributed by atoms with Crippen LogP contribution in [0.3, 0.4) is 0 Å². The Hall–Kier alpha value is -3.17. The zero-order valence-corrected chi connectivity index (χ0v) is 19.8. The Balaban J connectivity index is 1.49. The second-order valence-electron chi connectivity index (χ2n) is 8.55. The van der Waals surface area contributed by atoms with E-state index in [1.807, 2.05) is 13.8 Å². The summed E-state index contributed by atoms with van der Waals surface area (Å²) in [7, 11) is 1.21. The lowest BCUT2D eigenvalue weighted by Crippen LogP contribution is -2.41. The fourth-order valence-electron chi connectivity index (χ4n) is 3.81. The molecule has 2 aliphatic heterocycles. The fourth-order valence-corrected chi connectivity index (χ4v) is 3.81. The first-order chi connectivity index (χ1) is 16.3. The third-order valence-electron chi connectivity index (χ3n) is 5.72. The second-order valence-corrected chi connectivity index (χ2v) is 8.55. The number of oxime groups is 1. The van der Waals surface area contributed by atoms with Crippen molar-refractivity contribution in [1.82, 2.24) is 4.90 Å². The molecule has 2 saturated heterocycles. The van der Waals surface area contributed by atoms with Crippen molar-refractivity contribution >= 4 is 29.5 Å². The number of likely N-dealkylation sites (tertiary alicyclic amines) is 1. The molecule has 0 N–H and O–H groups in total. The van der Waals surface area contributed by atoms with Gasteiger partial charge in [-0.15, -0.1) is 0 Å². The minimum absolute atomic E-state index is 0.0252. The normalized spacial score (nSPS) is 17.3. The highest BCUT2D eigenvalue weighted by Crippen LogP contribution is 2.27. The first-order valence-corrected chi connectivity index (χ1v) is 11.4. The molecular weight excluding hydrogens is 448 g/mol. The van der Waals surface area contributed by atoms with Crippen LogP contribution in [0.25, 0.3) is 6.08 Å². The molecule has 0 aromatic heterocycles. The molecule has 0 atom stereocenters. The highest BCUT2D eigenvalue weighted by molar-refractivity contribution is 5.87. The molecule has 8 nitrogen and oxygen atoms in total. The molecule has 2 aliphatic rings. The molecule has 1 amide bonds. The maximum atomic E-state index is 14.6. The number of ether oxygens (including phenoxy) is 2. The molecule has 34 heavy (non-hydrogen) atoms. The van der Waals surface area contributed by atoms with Crippen molar-refractivity contribution in [3.63, 3.8) is 0 Å². The standard InChI is InChI=1S/C24H31F2N3O5/c1-16(2)33-24(31)29-12-8-19(9-13-29)34-27-18-6-10-28(11-7-18)22-15-20(25)17(14-21(22)26)4-5-23(30)32-3/h4-5,14-16,19H,6-13H2,1-3H3/b5-4+. The van der Waals surface area contributed by atoms with E-state index >= 15 is 0 Å². The summed E-state index contributed by atoms with van der Waals surface area (Å²) in [5.41, 5.74) is 1.02. The number of amides is 1. The second kappa shape index (κ2) is 11.8. The predicted molar refractivity (Wildman–Crippen MR) is 124 cm³/mol. The third-order valence-corrected chi connectivity index (χ3v) is 5.72. The lowest BCUT2D eigenvalue weighted by atomic mass is 10.1. The monoisotopic (exact) mass is 479 g/mol. The van der Waals surface area contributed by atoms with Gasteiger partial charge in [0.25, 0.3) is 0 Å². The largest absolute Gasteiger partial charge is 0.466 e. The van der Waals surface area contributed by atoms with E-state index < -0.39 is 17.6 Å². The Morgan fingerprint density at radius 1 is 1.09 bits per heavy atom. The molecule has 186 valence electrons. The van der Waals surface area contributed by atoms with Crippen molar-refractivity contribution in [2.45, 2.75) is 51.7 Å². The Bertz CT molecular complexity index is 933. The molecule has 2 heterocycles.